The lowest BCUT2D eigenvalue weighted by atomic mass is 9.95. The number of carbonyl (C=O) groups is 1. The van der Waals surface area contributed by atoms with Gasteiger partial charge in [0.15, 0.2) is 0 Å². The molecule has 0 saturated heterocycles. The standard InChI is InChI=1S/C14H28N2OS/c1-11(15-10-14(2,3)18-4)13(17)16-12-8-6-5-7-9-12/h11-12,15H,5-10H2,1-4H3,(H,16,17). The maximum absolute atomic E-state index is 12.0. The molecule has 18 heavy (non-hydrogen) atoms. The third-order valence-corrected chi connectivity index (χ3v) is 4.98. The van der Waals surface area contributed by atoms with Gasteiger partial charge in [0.1, 0.15) is 0 Å². The smallest absolute Gasteiger partial charge is 0.237 e. The highest BCUT2D eigenvalue weighted by Gasteiger charge is 2.22. The summed E-state index contributed by atoms with van der Waals surface area (Å²) in [6.07, 6.45) is 8.23. The summed E-state index contributed by atoms with van der Waals surface area (Å²) in [5.74, 6) is 0.152. The van der Waals surface area contributed by atoms with Crippen molar-refractivity contribution in [1.29, 1.82) is 0 Å². The molecule has 0 spiro atoms. The van der Waals surface area contributed by atoms with Crippen molar-refractivity contribution in [3.8, 4) is 0 Å². The third kappa shape index (κ3) is 5.61. The molecule has 1 aliphatic rings. The molecule has 1 rings (SSSR count). The SMILES string of the molecule is CSC(C)(C)CNC(C)C(=O)NC1CCCCC1. The Morgan fingerprint density at radius 3 is 2.50 bits per heavy atom. The largest absolute Gasteiger partial charge is 0.352 e. The van der Waals surface area contributed by atoms with E-state index in [1.807, 2.05) is 18.7 Å². The Labute approximate surface area is 116 Å². The van der Waals surface area contributed by atoms with E-state index < -0.39 is 0 Å². The second-order valence-corrected chi connectivity index (χ2v) is 7.42. The van der Waals surface area contributed by atoms with Crippen molar-refractivity contribution in [2.24, 2.45) is 0 Å². The molecule has 3 nitrogen and oxygen atoms in total. The van der Waals surface area contributed by atoms with Crippen LogP contribution in [0.2, 0.25) is 0 Å². The van der Waals surface area contributed by atoms with Crippen LogP contribution >= 0.6 is 11.8 Å². The number of rotatable bonds is 6. The fourth-order valence-corrected chi connectivity index (χ4v) is 2.36. The van der Waals surface area contributed by atoms with E-state index in [4.69, 9.17) is 0 Å². The predicted octanol–water partition coefficient (Wildman–Crippen LogP) is 2.55. The van der Waals surface area contributed by atoms with E-state index in [0.717, 1.165) is 19.4 Å². The van der Waals surface area contributed by atoms with Crippen molar-refractivity contribution in [3.63, 3.8) is 0 Å². The van der Waals surface area contributed by atoms with Gasteiger partial charge in [-0.15, -0.1) is 0 Å². The fourth-order valence-electron chi connectivity index (χ4n) is 2.14. The first kappa shape index (κ1) is 15.8. The Hall–Kier alpha value is -0.220. The lowest BCUT2D eigenvalue weighted by Crippen LogP contribution is -2.49. The van der Waals surface area contributed by atoms with Gasteiger partial charge in [-0.25, -0.2) is 0 Å². The van der Waals surface area contributed by atoms with E-state index in [-0.39, 0.29) is 16.7 Å². The molecule has 0 aromatic carbocycles. The molecule has 106 valence electrons. The molecule has 0 heterocycles. The number of hydrogen-bond acceptors (Lipinski definition) is 3. The average molecular weight is 272 g/mol. The zero-order valence-electron chi connectivity index (χ0n) is 12.2. The van der Waals surface area contributed by atoms with Crippen LogP contribution in [0.3, 0.4) is 0 Å². The van der Waals surface area contributed by atoms with Crippen molar-refractivity contribution < 1.29 is 4.79 Å². The summed E-state index contributed by atoms with van der Waals surface area (Å²) < 4.78 is 0.180. The minimum Gasteiger partial charge on any atom is -0.352 e. The van der Waals surface area contributed by atoms with Gasteiger partial charge in [0.25, 0.3) is 0 Å². The number of carbonyl (C=O) groups excluding carboxylic acids is 1. The first-order chi connectivity index (χ1) is 8.44. The highest BCUT2D eigenvalue weighted by molar-refractivity contribution is 7.99. The quantitative estimate of drug-likeness (QED) is 0.781. The van der Waals surface area contributed by atoms with Gasteiger partial charge < -0.3 is 10.6 Å². The average Bonchev–Trinajstić information content (AvgIpc) is 2.37. The van der Waals surface area contributed by atoms with E-state index in [1.54, 1.807) is 0 Å². The van der Waals surface area contributed by atoms with E-state index in [0.29, 0.717) is 6.04 Å². The number of amides is 1. The van der Waals surface area contributed by atoms with Crippen LogP contribution in [-0.2, 0) is 4.79 Å². The molecule has 1 atom stereocenters. The van der Waals surface area contributed by atoms with Gasteiger partial charge in [0, 0.05) is 17.3 Å². The second kappa shape index (κ2) is 7.39. The van der Waals surface area contributed by atoms with Crippen molar-refractivity contribution in [2.75, 3.05) is 12.8 Å². The maximum Gasteiger partial charge on any atom is 0.237 e. The Kier molecular flexibility index (Phi) is 6.50. The second-order valence-electron chi connectivity index (χ2n) is 5.91. The normalized spacial score (nSPS) is 19.6. The zero-order valence-corrected chi connectivity index (χ0v) is 13.0. The third-order valence-electron chi connectivity index (χ3n) is 3.73. The van der Waals surface area contributed by atoms with Gasteiger partial charge in [0.2, 0.25) is 5.91 Å². The maximum atomic E-state index is 12.0. The van der Waals surface area contributed by atoms with Gasteiger partial charge >= 0.3 is 0 Å². The first-order valence-electron chi connectivity index (χ1n) is 7.03. The monoisotopic (exact) mass is 272 g/mol. The van der Waals surface area contributed by atoms with Crippen LogP contribution in [0, 0.1) is 0 Å². The van der Waals surface area contributed by atoms with Crippen molar-refractivity contribution >= 4 is 17.7 Å². The van der Waals surface area contributed by atoms with Crippen LogP contribution < -0.4 is 10.6 Å². The highest BCUT2D eigenvalue weighted by Crippen LogP contribution is 2.20. The molecular formula is C14H28N2OS. The lowest BCUT2D eigenvalue weighted by molar-refractivity contribution is -0.123. The van der Waals surface area contributed by atoms with Crippen LogP contribution in [0.1, 0.15) is 52.9 Å². The molecule has 2 N–H and O–H groups in total. The fraction of sp³-hybridized carbons (Fsp3) is 0.929. The highest BCUT2D eigenvalue weighted by atomic mass is 32.2. The van der Waals surface area contributed by atoms with E-state index >= 15 is 0 Å². The molecule has 4 heteroatoms. The molecule has 1 saturated carbocycles. The minimum absolute atomic E-state index is 0.0987. The summed E-state index contributed by atoms with van der Waals surface area (Å²) in [7, 11) is 0. The Morgan fingerprint density at radius 1 is 1.33 bits per heavy atom. The van der Waals surface area contributed by atoms with Gasteiger partial charge in [-0.3, -0.25) is 4.79 Å². The molecule has 0 aromatic rings. The summed E-state index contributed by atoms with van der Waals surface area (Å²) in [4.78, 5) is 12.0. The van der Waals surface area contributed by atoms with E-state index in [1.165, 1.54) is 19.3 Å². The van der Waals surface area contributed by atoms with Gasteiger partial charge in [-0.2, -0.15) is 11.8 Å². The summed E-state index contributed by atoms with van der Waals surface area (Å²) >= 11 is 1.82. The number of hydrogen-bond donors (Lipinski definition) is 2. The van der Waals surface area contributed by atoms with Crippen LogP contribution in [0.4, 0.5) is 0 Å². The molecule has 0 aliphatic heterocycles. The number of thioether (sulfide) groups is 1. The van der Waals surface area contributed by atoms with Crippen LogP contribution in [0.15, 0.2) is 0 Å². The topological polar surface area (TPSA) is 41.1 Å². The van der Waals surface area contributed by atoms with Crippen molar-refractivity contribution in [2.45, 2.75) is 69.7 Å². The van der Waals surface area contributed by atoms with E-state index in [2.05, 4.69) is 30.7 Å². The molecule has 0 bridgehead atoms. The minimum atomic E-state index is -0.0987. The van der Waals surface area contributed by atoms with Crippen LogP contribution in [0.5, 0.6) is 0 Å². The predicted molar refractivity (Wildman–Crippen MR) is 80.1 cm³/mol. The molecule has 1 aliphatic carbocycles. The molecule has 0 aromatic heterocycles. The van der Waals surface area contributed by atoms with Crippen LogP contribution in [0.25, 0.3) is 0 Å². The van der Waals surface area contributed by atoms with E-state index in [9.17, 15) is 4.79 Å². The molecular weight excluding hydrogens is 244 g/mol. The Balaban J connectivity index is 2.27. The Morgan fingerprint density at radius 2 is 1.94 bits per heavy atom. The molecule has 1 fully saturated rings. The van der Waals surface area contributed by atoms with Crippen molar-refractivity contribution in [1.82, 2.24) is 10.6 Å². The van der Waals surface area contributed by atoms with Crippen molar-refractivity contribution in [3.05, 3.63) is 0 Å². The first-order valence-corrected chi connectivity index (χ1v) is 8.26. The van der Waals surface area contributed by atoms with Gasteiger partial charge in [0.05, 0.1) is 6.04 Å². The Bertz CT molecular complexity index is 263. The summed E-state index contributed by atoms with van der Waals surface area (Å²) in [6.45, 7) is 7.19. The zero-order chi connectivity index (χ0) is 13.6. The molecule has 1 amide bonds. The van der Waals surface area contributed by atoms with Crippen LogP contribution in [-0.4, -0.2) is 35.5 Å². The van der Waals surface area contributed by atoms with Gasteiger partial charge in [-0.1, -0.05) is 19.3 Å². The van der Waals surface area contributed by atoms with Gasteiger partial charge in [-0.05, 0) is 39.9 Å². The summed E-state index contributed by atoms with van der Waals surface area (Å²) in [5.41, 5.74) is 0. The summed E-state index contributed by atoms with van der Waals surface area (Å²) in [6, 6.07) is 0.308. The number of nitrogens with one attached hydrogen (secondary N) is 2. The lowest BCUT2D eigenvalue weighted by Gasteiger charge is -2.27. The molecule has 0 radical (unpaired) electrons. The molecule has 1 unspecified atom stereocenters. The summed E-state index contributed by atoms with van der Waals surface area (Å²) in [5, 5.41) is 6.49.